The number of rotatable bonds is 5. The van der Waals surface area contributed by atoms with Crippen LogP contribution in [0.2, 0.25) is 0 Å². The van der Waals surface area contributed by atoms with Gasteiger partial charge in [0.1, 0.15) is 17.2 Å². The summed E-state index contributed by atoms with van der Waals surface area (Å²) in [5, 5.41) is 12.6. The molecule has 0 amide bonds. The minimum atomic E-state index is 0.242. The quantitative estimate of drug-likeness (QED) is 0.866. The molecule has 2 aromatic carbocycles. The first-order valence-electron chi connectivity index (χ1n) is 5.96. The number of benzene rings is 2. The van der Waals surface area contributed by atoms with Crippen LogP contribution in [0.4, 0.5) is 5.69 Å². The standard InChI is InChI=1S/C15H17NO3/c1-18-14-7-6-11(15(9-14)19-2)10-16-12-4-3-5-13(17)8-12/h3-9,16-17H,10H2,1-2H3. The van der Waals surface area contributed by atoms with E-state index >= 15 is 0 Å². The molecule has 2 rings (SSSR count). The number of anilines is 1. The minimum absolute atomic E-state index is 0.242. The van der Waals surface area contributed by atoms with E-state index in [2.05, 4.69) is 5.32 Å². The lowest BCUT2D eigenvalue weighted by atomic mass is 10.2. The maximum atomic E-state index is 9.40. The van der Waals surface area contributed by atoms with Crippen molar-refractivity contribution in [2.75, 3.05) is 19.5 Å². The number of hydrogen-bond acceptors (Lipinski definition) is 4. The molecule has 2 aromatic rings. The number of aromatic hydroxyl groups is 1. The first-order chi connectivity index (χ1) is 9.22. The van der Waals surface area contributed by atoms with Crippen LogP contribution in [-0.2, 0) is 6.54 Å². The normalized spacial score (nSPS) is 10.0. The van der Waals surface area contributed by atoms with Gasteiger partial charge in [0.2, 0.25) is 0 Å². The van der Waals surface area contributed by atoms with Gasteiger partial charge in [-0.2, -0.15) is 0 Å². The van der Waals surface area contributed by atoms with Gasteiger partial charge in [0.15, 0.2) is 0 Å². The van der Waals surface area contributed by atoms with E-state index in [9.17, 15) is 5.11 Å². The Hall–Kier alpha value is -2.36. The molecule has 0 aromatic heterocycles. The lowest BCUT2D eigenvalue weighted by molar-refractivity contribution is 0.391. The van der Waals surface area contributed by atoms with E-state index in [0.717, 1.165) is 22.7 Å². The molecule has 0 aliphatic carbocycles. The summed E-state index contributed by atoms with van der Waals surface area (Å²) in [4.78, 5) is 0. The summed E-state index contributed by atoms with van der Waals surface area (Å²) < 4.78 is 10.5. The SMILES string of the molecule is COc1ccc(CNc2cccc(O)c2)c(OC)c1. The third-order valence-electron chi connectivity index (χ3n) is 2.82. The van der Waals surface area contributed by atoms with Gasteiger partial charge >= 0.3 is 0 Å². The van der Waals surface area contributed by atoms with Gasteiger partial charge in [0.05, 0.1) is 14.2 Å². The second kappa shape index (κ2) is 6.00. The van der Waals surface area contributed by atoms with Crippen molar-refractivity contribution in [3.05, 3.63) is 48.0 Å². The Morgan fingerprint density at radius 3 is 2.58 bits per heavy atom. The van der Waals surface area contributed by atoms with Gasteiger partial charge in [-0.3, -0.25) is 0 Å². The van der Waals surface area contributed by atoms with Crippen molar-refractivity contribution >= 4 is 5.69 Å². The van der Waals surface area contributed by atoms with Crippen molar-refractivity contribution in [1.29, 1.82) is 0 Å². The molecule has 4 heteroatoms. The van der Waals surface area contributed by atoms with Crippen LogP contribution >= 0.6 is 0 Å². The van der Waals surface area contributed by atoms with Crippen molar-refractivity contribution in [3.8, 4) is 17.2 Å². The van der Waals surface area contributed by atoms with Crippen molar-refractivity contribution in [2.24, 2.45) is 0 Å². The predicted molar refractivity (Wildman–Crippen MR) is 75.0 cm³/mol. The molecular weight excluding hydrogens is 242 g/mol. The van der Waals surface area contributed by atoms with Crippen LogP contribution < -0.4 is 14.8 Å². The zero-order chi connectivity index (χ0) is 13.7. The molecule has 0 bridgehead atoms. The summed E-state index contributed by atoms with van der Waals surface area (Å²) in [6, 6.07) is 12.7. The molecule has 0 saturated heterocycles. The molecule has 4 nitrogen and oxygen atoms in total. The number of hydrogen-bond donors (Lipinski definition) is 2. The van der Waals surface area contributed by atoms with E-state index in [-0.39, 0.29) is 5.75 Å². The summed E-state index contributed by atoms with van der Waals surface area (Å²) in [5.74, 6) is 1.77. The van der Waals surface area contributed by atoms with Gasteiger partial charge in [-0.05, 0) is 24.3 Å². The average Bonchev–Trinajstić information content (AvgIpc) is 2.45. The third-order valence-corrected chi connectivity index (χ3v) is 2.82. The molecule has 19 heavy (non-hydrogen) atoms. The second-order valence-corrected chi connectivity index (χ2v) is 4.08. The molecule has 0 saturated carbocycles. The van der Waals surface area contributed by atoms with E-state index in [0.29, 0.717) is 6.54 Å². The fourth-order valence-corrected chi connectivity index (χ4v) is 1.81. The zero-order valence-corrected chi connectivity index (χ0v) is 11.0. The van der Waals surface area contributed by atoms with Crippen LogP contribution in [0.1, 0.15) is 5.56 Å². The zero-order valence-electron chi connectivity index (χ0n) is 11.0. The Morgan fingerprint density at radius 1 is 1.05 bits per heavy atom. The van der Waals surface area contributed by atoms with E-state index in [4.69, 9.17) is 9.47 Å². The number of methoxy groups -OCH3 is 2. The maximum absolute atomic E-state index is 9.40. The topological polar surface area (TPSA) is 50.7 Å². The summed E-state index contributed by atoms with van der Waals surface area (Å²) in [5.41, 5.74) is 1.88. The summed E-state index contributed by atoms with van der Waals surface area (Å²) >= 11 is 0. The fourth-order valence-electron chi connectivity index (χ4n) is 1.81. The smallest absolute Gasteiger partial charge is 0.127 e. The van der Waals surface area contributed by atoms with Gasteiger partial charge < -0.3 is 19.9 Å². The Balaban J connectivity index is 2.11. The minimum Gasteiger partial charge on any atom is -0.508 e. The summed E-state index contributed by atoms with van der Waals surface area (Å²) in [7, 11) is 3.26. The van der Waals surface area contributed by atoms with E-state index < -0.39 is 0 Å². The van der Waals surface area contributed by atoms with Gasteiger partial charge in [-0.25, -0.2) is 0 Å². The molecule has 0 fully saturated rings. The highest BCUT2D eigenvalue weighted by atomic mass is 16.5. The lowest BCUT2D eigenvalue weighted by Crippen LogP contribution is -2.01. The van der Waals surface area contributed by atoms with Crippen LogP contribution in [0.25, 0.3) is 0 Å². The first-order valence-corrected chi connectivity index (χ1v) is 5.96. The number of ether oxygens (including phenoxy) is 2. The van der Waals surface area contributed by atoms with Gasteiger partial charge in [0.25, 0.3) is 0 Å². The highest BCUT2D eigenvalue weighted by Crippen LogP contribution is 2.25. The van der Waals surface area contributed by atoms with E-state index in [1.165, 1.54) is 0 Å². The summed E-state index contributed by atoms with van der Waals surface area (Å²) in [6.07, 6.45) is 0. The monoisotopic (exact) mass is 259 g/mol. The van der Waals surface area contributed by atoms with Crippen LogP contribution in [0.3, 0.4) is 0 Å². The molecule has 0 radical (unpaired) electrons. The molecule has 0 heterocycles. The Morgan fingerprint density at radius 2 is 1.89 bits per heavy atom. The largest absolute Gasteiger partial charge is 0.508 e. The second-order valence-electron chi connectivity index (χ2n) is 4.08. The van der Waals surface area contributed by atoms with Crippen LogP contribution in [0, 0.1) is 0 Å². The Kier molecular flexibility index (Phi) is 4.13. The van der Waals surface area contributed by atoms with E-state index in [1.54, 1.807) is 32.4 Å². The molecule has 100 valence electrons. The van der Waals surface area contributed by atoms with Gasteiger partial charge in [0, 0.05) is 29.9 Å². The molecule has 0 aliphatic rings. The summed E-state index contributed by atoms with van der Waals surface area (Å²) in [6.45, 7) is 0.608. The van der Waals surface area contributed by atoms with Crippen LogP contribution in [-0.4, -0.2) is 19.3 Å². The fraction of sp³-hybridized carbons (Fsp3) is 0.200. The van der Waals surface area contributed by atoms with Crippen LogP contribution in [0.15, 0.2) is 42.5 Å². The highest BCUT2D eigenvalue weighted by Gasteiger charge is 2.05. The molecule has 0 spiro atoms. The van der Waals surface area contributed by atoms with Crippen molar-refractivity contribution in [3.63, 3.8) is 0 Å². The average molecular weight is 259 g/mol. The highest BCUT2D eigenvalue weighted by molar-refractivity contribution is 5.49. The van der Waals surface area contributed by atoms with Crippen molar-refractivity contribution in [1.82, 2.24) is 0 Å². The van der Waals surface area contributed by atoms with Crippen LogP contribution in [0.5, 0.6) is 17.2 Å². The first kappa shape index (κ1) is 13.1. The molecular formula is C15H17NO3. The van der Waals surface area contributed by atoms with Crippen molar-refractivity contribution < 1.29 is 14.6 Å². The molecule has 2 N–H and O–H groups in total. The maximum Gasteiger partial charge on any atom is 0.127 e. The number of nitrogens with one attached hydrogen (secondary N) is 1. The molecule has 0 atom stereocenters. The number of phenols is 1. The molecule has 0 aliphatic heterocycles. The Bertz CT molecular complexity index is 555. The molecule has 0 unspecified atom stereocenters. The van der Waals surface area contributed by atoms with E-state index in [1.807, 2.05) is 24.3 Å². The van der Waals surface area contributed by atoms with Crippen molar-refractivity contribution in [2.45, 2.75) is 6.54 Å². The lowest BCUT2D eigenvalue weighted by Gasteiger charge is -2.12. The third kappa shape index (κ3) is 3.31. The number of phenolic OH excluding ortho intramolecular Hbond substituents is 1. The Labute approximate surface area is 112 Å². The van der Waals surface area contributed by atoms with Gasteiger partial charge in [-0.1, -0.05) is 6.07 Å². The predicted octanol–water partition coefficient (Wildman–Crippen LogP) is 3.02. The van der Waals surface area contributed by atoms with Gasteiger partial charge in [-0.15, -0.1) is 0 Å².